The molecule has 286 valence electrons. The Balaban J connectivity index is 1.33. The number of hydrogen-bond acceptors (Lipinski definition) is 3. The summed E-state index contributed by atoms with van der Waals surface area (Å²) in [5, 5.41) is 11.8. The van der Waals surface area contributed by atoms with Crippen molar-refractivity contribution in [3.63, 3.8) is 0 Å². The molecule has 0 bridgehead atoms. The molecule has 0 spiro atoms. The summed E-state index contributed by atoms with van der Waals surface area (Å²) in [6.07, 6.45) is 1.92. The number of fused-ring (bicyclic) bond motifs is 1. The largest absolute Gasteiger partial charge is 0.507 e. The number of hydrogen-bond donors (Lipinski definition) is 1. The van der Waals surface area contributed by atoms with Gasteiger partial charge in [-0.25, -0.2) is 4.98 Å². The number of aromatic hydroxyl groups is 1. The first-order valence-corrected chi connectivity index (χ1v) is 19.9. The molecule has 0 radical (unpaired) electrons. The number of imidazole rings is 1. The van der Waals surface area contributed by atoms with Gasteiger partial charge in [0.1, 0.15) is 11.6 Å². The molecule has 0 aliphatic heterocycles. The first-order chi connectivity index (χ1) is 26.2. The zero-order valence-electron chi connectivity index (χ0n) is 35.3. The Morgan fingerprint density at radius 2 is 1.12 bits per heavy atom. The second-order valence-electron chi connectivity index (χ2n) is 19.1. The maximum atomic E-state index is 11.8. The van der Waals surface area contributed by atoms with E-state index in [0.717, 1.165) is 61.5 Å². The van der Waals surface area contributed by atoms with E-state index in [2.05, 4.69) is 203 Å². The van der Waals surface area contributed by atoms with Crippen LogP contribution in [0.15, 0.2) is 121 Å². The SMILES string of the molecule is Cn1c(-c2cc(C(C)(C)C)cc(C(C)(C)C)c2O)nc2c(-c3cc(-c4cc(-c5ccc(C(C)(C)c6ccccc6)cc5)ccn4)cc(C(C)(C)C)c3)cccc21. The molecule has 7 aromatic rings. The fraction of sp³-hybridized carbons (Fsp3) is 0.308. The van der Waals surface area contributed by atoms with Gasteiger partial charge in [0.2, 0.25) is 0 Å². The van der Waals surface area contributed by atoms with Crippen LogP contribution in [0.25, 0.3) is 55.9 Å². The van der Waals surface area contributed by atoms with Crippen molar-refractivity contribution in [2.24, 2.45) is 7.05 Å². The van der Waals surface area contributed by atoms with Crippen LogP contribution in [0, 0.1) is 0 Å². The Hall–Kier alpha value is -5.48. The molecular formula is C52H57N3O. The van der Waals surface area contributed by atoms with E-state index >= 15 is 0 Å². The molecule has 56 heavy (non-hydrogen) atoms. The lowest BCUT2D eigenvalue weighted by Crippen LogP contribution is -2.18. The summed E-state index contributed by atoms with van der Waals surface area (Å²) in [5.74, 6) is 1.05. The molecule has 2 heterocycles. The van der Waals surface area contributed by atoms with Gasteiger partial charge in [0.05, 0.1) is 22.3 Å². The Labute approximate surface area is 334 Å². The molecule has 0 unspecified atom stereocenters. The summed E-state index contributed by atoms with van der Waals surface area (Å²) in [6, 6.07) is 41.5. The first kappa shape index (κ1) is 38.8. The summed E-state index contributed by atoms with van der Waals surface area (Å²) >= 11 is 0. The molecule has 0 amide bonds. The minimum atomic E-state index is -0.242. The highest BCUT2D eigenvalue weighted by atomic mass is 16.3. The Kier molecular flexibility index (Phi) is 9.64. The van der Waals surface area contributed by atoms with Gasteiger partial charge in [-0.05, 0) is 91.6 Å². The van der Waals surface area contributed by atoms with Gasteiger partial charge in [0.15, 0.2) is 0 Å². The minimum absolute atomic E-state index is 0.101. The minimum Gasteiger partial charge on any atom is -0.507 e. The number of pyridine rings is 1. The number of phenols is 1. The van der Waals surface area contributed by atoms with E-state index in [4.69, 9.17) is 9.97 Å². The van der Waals surface area contributed by atoms with Gasteiger partial charge in [-0.1, -0.05) is 155 Å². The number of nitrogens with zero attached hydrogens (tertiary/aromatic N) is 3. The second-order valence-corrected chi connectivity index (χ2v) is 19.1. The van der Waals surface area contributed by atoms with Crippen molar-refractivity contribution in [3.05, 3.63) is 149 Å². The van der Waals surface area contributed by atoms with Crippen LogP contribution in [0.4, 0.5) is 0 Å². The van der Waals surface area contributed by atoms with Crippen molar-refractivity contribution in [2.45, 2.75) is 97.8 Å². The highest BCUT2D eigenvalue weighted by Gasteiger charge is 2.28. The molecule has 0 saturated heterocycles. The van der Waals surface area contributed by atoms with Crippen LogP contribution in [-0.2, 0) is 28.7 Å². The highest BCUT2D eigenvalue weighted by molar-refractivity contribution is 5.96. The van der Waals surface area contributed by atoms with Crippen molar-refractivity contribution in [2.75, 3.05) is 0 Å². The van der Waals surface area contributed by atoms with Crippen LogP contribution in [-0.4, -0.2) is 19.6 Å². The zero-order chi connectivity index (χ0) is 40.4. The van der Waals surface area contributed by atoms with E-state index in [1.165, 1.54) is 22.3 Å². The zero-order valence-corrected chi connectivity index (χ0v) is 35.3. The second kappa shape index (κ2) is 13.9. The monoisotopic (exact) mass is 739 g/mol. The number of para-hydroxylation sites is 1. The van der Waals surface area contributed by atoms with Gasteiger partial charge in [-0.15, -0.1) is 0 Å². The average Bonchev–Trinajstić information content (AvgIpc) is 3.49. The van der Waals surface area contributed by atoms with Crippen molar-refractivity contribution in [3.8, 4) is 50.6 Å². The Morgan fingerprint density at radius 1 is 0.500 bits per heavy atom. The summed E-state index contributed by atoms with van der Waals surface area (Å²) in [4.78, 5) is 10.3. The smallest absolute Gasteiger partial charge is 0.144 e. The predicted octanol–water partition coefficient (Wildman–Crippen LogP) is 13.6. The third kappa shape index (κ3) is 7.30. The fourth-order valence-corrected chi connectivity index (χ4v) is 7.73. The lowest BCUT2D eigenvalue weighted by molar-refractivity contribution is 0.446. The predicted molar refractivity (Wildman–Crippen MR) is 237 cm³/mol. The van der Waals surface area contributed by atoms with Gasteiger partial charge in [-0.2, -0.15) is 0 Å². The molecule has 0 fully saturated rings. The molecule has 2 aromatic heterocycles. The summed E-state index contributed by atoms with van der Waals surface area (Å²) in [7, 11) is 2.05. The fourth-order valence-electron chi connectivity index (χ4n) is 7.73. The number of aryl methyl sites for hydroxylation is 1. The number of aromatic nitrogens is 3. The van der Waals surface area contributed by atoms with Crippen LogP contribution < -0.4 is 0 Å². The number of phenolic OH excluding ortho intramolecular Hbond substituents is 1. The molecule has 0 aliphatic carbocycles. The molecular weight excluding hydrogens is 683 g/mol. The van der Waals surface area contributed by atoms with Crippen molar-refractivity contribution in [1.82, 2.24) is 14.5 Å². The van der Waals surface area contributed by atoms with E-state index in [1.807, 2.05) is 6.20 Å². The first-order valence-electron chi connectivity index (χ1n) is 19.9. The van der Waals surface area contributed by atoms with Gasteiger partial charge in [-0.3, -0.25) is 4.98 Å². The summed E-state index contributed by atoms with van der Waals surface area (Å²) in [6.45, 7) is 24.5. The van der Waals surface area contributed by atoms with Crippen molar-refractivity contribution < 1.29 is 5.11 Å². The van der Waals surface area contributed by atoms with Gasteiger partial charge < -0.3 is 9.67 Å². The molecule has 1 N–H and O–H groups in total. The molecule has 0 aliphatic rings. The Morgan fingerprint density at radius 3 is 1.77 bits per heavy atom. The lowest BCUT2D eigenvalue weighted by atomic mass is 9.78. The number of benzene rings is 5. The van der Waals surface area contributed by atoms with E-state index in [0.29, 0.717) is 5.75 Å². The molecule has 7 rings (SSSR count). The summed E-state index contributed by atoms with van der Waals surface area (Å²) < 4.78 is 2.12. The molecule has 4 heteroatoms. The number of rotatable bonds is 6. The topological polar surface area (TPSA) is 50.9 Å². The van der Waals surface area contributed by atoms with Crippen LogP contribution in [0.3, 0.4) is 0 Å². The highest BCUT2D eigenvalue weighted by Crippen LogP contribution is 2.44. The van der Waals surface area contributed by atoms with Gasteiger partial charge >= 0.3 is 0 Å². The maximum absolute atomic E-state index is 11.8. The maximum Gasteiger partial charge on any atom is 0.144 e. The van der Waals surface area contributed by atoms with Gasteiger partial charge in [0, 0.05) is 35.3 Å². The average molecular weight is 740 g/mol. The molecule has 0 saturated carbocycles. The molecule has 0 atom stereocenters. The molecule has 5 aromatic carbocycles. The van der Waals surface area contributed by atoms with E-state index in [9.17, 15) is 5.11 Å². The summed E-state index contributed by atoms with van der Waals surface area (Å²) in [5.41, 5.74) is 14.4. The van der Waals surface area contributed by atoms with Crippen molar-refractivity contribution >= 4 is 11.0 Å². The van der Waals surface area contributed by atoms with E-state index in [1.54, 1.807) is 0 Å². The molecule has 4 nitrogen and oxygen atoms in total. The van der Waals surface area contributed by atoms with Crippen LogP contribution in [0.1, 0.15) is 104 Å². The Bertz CT molecular complexity index is 2550. The third-order valence-electron chi connectivity index (χ3n) is 11.5. The van der Waals surface area contributed by atoms with E-state index < -0.39 is 0 Å². The van der Waals surface area contributed by atoms with Crippen LogP contribution >= 0.6 is 0 Å². The van der Waals surface area contributed by atoms with Crippen LogP contribution in [0.2, 0.25) is 0 Å². The standard InChI is InChI=1S/C52H57N3O/c1-49(2,3)39-28-35(27-36(29-39)44-30-34(25-26-53-44)33-21-23-38(24-22-33)52(10,11)37-17-14-13-15-18-37)41-19-16-20-45-46(41)54-48(55(45)12)42-31-40(50(4,5)6)32-43(47(42)56)51(7,8)9/h13-32,56H,1-12H3. The lowest BCUT2D eigenvalue weighted by Gasteiger charge is -2.27. The quantitative estimate of drug-likeness (QED) is 0.185. The normalized spacial score (nSPS) is 12.7. The van der Waals surface area contributed by atoms with E-state index in [-0.39, 0.29) is 21.7 Å². The van der Waals surface area contributed by atoms with Crippen molar-refractivity contribution in [1.29, 1.82) is 0 Å². The van der Waals surface area contributed by atoms with Crippen LogP contribution in [0.5, 0.6) is 5.75 Å². The third-order valence-corrected chi connectivity index (χ3v) is 11.5. The van der Waals surface area contributed by atoms with Gasteiger partial charge in [0.25, 0.3) is 0 Å².